The third kappa shape index (κ3) is 2.93. The fourth-order valence-corrected chi connectivity index (χ4v) is 1.76. The molecule has 3 heteroatoms. The minimum Gasteiger partial charge on any atom is -0.294 e. The molecule has 0 heterocycles. The molecule has 1 aromatic carbocycles. The normalized spacial score (nSPS) is 10.9. The van der Waals surface area contributed by atoms with Gasteiger partial charge in [0.25, 0.3) is 0 Å². The second-order valence-electron chi connectivity index (χ2n) is 4.72. The van der Waals surface area contributed by atoms with Gasteiger partial charge in [0.2, 0.25) is 0 Å². The Labute approximate surface area is 104 Å². The summed E-state index contributed by atoms with van der Waals surface area (Å²) in [5, 5.41) is 8.68. The quantitative estimate of drug-likeness (QED) is 0.774. The Kier molecular flexibility index (Phi) is 3.88. The van der Waals surface area contributed by atoms with Gasteiger partial charge >= 0.3 is 0 Å². The number of ketones is 1. The van der Waals surface area contributed by atoms with Crippen LogP contribution >= 0.6 is 15.9 Å². The van der Waals surface area contributed by atoms with Gasteiger partial charge < -0.3 is 0 Å². The van der Waals surface area contributed by atoms with Gasteiger partial charge in [-0.3, -0.25) is 4.79 Å². The summed E-state index contributed by atoms with van der Waals surface area (Å²) in [6, 6.07) is 7.50. The third-order valence-corrected chi connectivity index (χ3v) is 3.03. The number of carbonyl (C=O) groups is 1. The third-order valence-electron chi connectivity index (χ3n) is 2.26. The summed E-state index contributed by atoms with van der Waals surface area (Å²) >= 11 is 3.37. The average Bonchev–Trinajstić information content (AvgIpc) is 2.19. The first-order valence-corrected chi connectivity index (χ1v) is 5.85. The first kappa shape index (κ1) is 12.9. The van der Waals surface area contributed by atoms with Gasteiger partial charge in [-0.25, -0.2) is 0 Å². The van der Waals surface area contributed by atoms with Crippen LogP contribution in [-0.4, -0.2) is 5.78 Å². The van der Waals surface area contributed by atoms with Crippen LogP contribution in [-0.2, 0) is 6.42 Å². The van der Waals surface area contributed by atoms with Crippen molar-refractivity contribution in [2.45, 2.75) is 27.2 Å². The topological polar surface area (TPSA) is 40.9 Å². The van der Waals surface area contributed by atoms with Crippen molar-refractivity contribution in [2.24, 2.45) is 5.41 Å². The average molecular weight is 280 g/mol. The van der Waals surface area contributed by atoms with Gasteiger partial charge in [-0.15, -0.1) is 0 Å². The summed E-state index contributed by atoms with van der Waals surface area (Å²) in [5.74, 6) is 0.0965. The largest absolute Gasteiger partial charge is 0.294 e. The van der Waals surface area contributed by atoms with Crippen LogP contribution in [0.1, 0.15) is 36.7 Å². The van der Waals surface area contributed by atoms with Gasteiger partial charge in [0, 0.05) is 15.5 Å². The molecule has 0 aromatic heterocycles. The molecular formula is C13H14BrNO. The molecule has 84 valence electrons. The molecule has 0 aliphatic carbocycles. The summed E-state index contributed by atoms with van der Waals surface area (Å²) in [6.07, 6.45) is 0.311. The molecule has 16 heavy (non-hydrogen) atoms. The maximum absolute atomic E-state index is 12.0. The Hall–Kier alpha value is -1.14. The monoisotopic (exact) mass is 279 g/mol. The van der Waals surface area contributed by atoms with E-state index >= 15 is 0 Å². The standard InChI is InChI=1S/C13H14BrNO/c1-13(2,3)12(16)10-4-5-11(14)9(8-10)6-7-15/h4-5,8H,6H2,1-3H3. The summed E-state index contributed by atoms with van der Waals surface area (Å²) in [6.45, 7) is 5.67. The number of Topliss-reactive ketones (excluding diaryl/α,β-unsaturated/α-hetero) is 1. The van der Waals surface area contributed by atoms with Gasteiger partial charge in [0.1, 0.15) is 0 Å². The smallest absolute Gasteiger partial charge is 0.168 e. The summed E-state index contributed by atoms with van der Waals surface area (Å²) in [7, 11) is 0. The summed E-state index contributed by atoms with van der Waals surface area (Å²) in [4.78, 5) is 12.0. The summed E-state index contributed by atoms with van der Waals surface area (Å²) < 4.78 is 0.875. The molecule has 0 N–H and O–H groups in total. The maximum atomic E-state index is 12.0. The molecule has 2 nitrogen and oxygen atoms in total. The van der Waals surface area contributed by atoms with Crippen molar-refractivity contribution < 1.29 is 4.79 Å². The molecule has 0 fully saturated rings. The van der Waals surface area contributed by atoms with Crippen LogP contribution in [0.25, 0.3) is 0 Å². The van der Waals surface area contributed by atoms with Gasteiger partial charge in [-0.2, -0.15) is 5.26 Å². The predicted octanol–water partition coefficient (Wildman–Crippen LogP) is 3.74. The van der Waals surface area contributed by atoms with Crippen molar-refractivity contribution in [3.8, 4) is 6.07 Å². The minimum absolute atomic E-state index is 0.0965. The fraction of sp³-hybridized carbons (Fsp3) is 0.385. The van der Waals surface area contributed by atoms with Crippen LogP contribution in [0, 0.1) is 16.7 Å². The van der Waals surface area contributed by atoms with Crippen molar-refractivity contribution in [3.63, 3.8) is 0 Å². The summed E-state index contributed by atoms with van der Waals surface area (Å²) in [5.41, 5.74) is 1.14. The molecule has 0 aliphatic rings. The lowest BCUT2D eigenvalue weighted by atomic mass is 9.86. The number of nitriles is 1. The van der Waals surface area contributed by atoms with E-state index in [4.69, 9.17) is 5.26 Å². The molecule has 0 saturated carbocycles. The lowest BCUT2D eigenvalue weighted by molar-refractivity contribution is 0.0858. The van der Waals surface area contributed by atoms with Crippen molar-refractivity contribution in [2.75, 3.05) is 0 Å². The highest BCUT2D eigenvalue weighted by Gasteiger charge is 2.23. The highest BCUT2D eigenvalue weighted by molar-refractivity contribution is 9.10. The number of carbonyl (C=O) groups excluding carboxylic acids is 1. The van der Waals surface area contributed by atoms with Crippen LogP contribution in [0.15, 0.2) is 22.7 Å². The van der Waals surface area contributed by atoms with E-state index in [9.17, 15) is 4.79 Å². The van der Waals surface area contributed by atoms with Crippen LogP contribution in [0.3, 0.4) is 0 Å². The van der Waals surface area contributed by atoms with Gasteiger partial charge in [-0.1, -0.05) is 42.8 Å². The van der Waals surface area contributed by atoms with Gasteiger partial charge in [0.15, 0.2) is 5.78 Å². The second kappa shape index (κ2) is 4.80. The minimum atomic E-state index is -0.391. The Balaban J connectivity index is 3.14. The lowest BCUT2D eigenvalue weighted by Gasteiger charge is -2.17. The number of rotatable bonds is 2. The Morgan fingerprint density at radius 3 is 2.56 bits per heavy atom. The molecule has 1 rings (SSSR count). The van der Waals surface area contributed by atoms with E-state index in [0.29, 0.717) is 12.0 Å². The molecule has 0 radical (unpaired) electrons. The van der Waals surface area contributed by atoms with Crippen molar-refractivity contribution >= 4 is 21.7 Å². The highest BCUT2D eigenvalue weighted by Crippen LogP contribution is 2.24. The van der Waals surface area contributed by atoms with Crippen molar-refractivity contribution in [3.05, 3.63) is 33.8 Å². The van der Waals surface area contributed by atoms with Crippen molar-refractivity contribution in [1.29, 1.82) is 5.26 Å². The van der Waals surface area contributed by atoms with E-state index in [1.165, 1.54) is 0 Å². The zero-order chi connectivity index (χ0) is 12.3. The molecule has 0 atom stereocenters. The first-order chi connectivity index (χ1) is 7.36. The van der Waals surface area contributed by atoms with E-state index in [-0.39, 0.29) is 5.78 Å². The second-order valence-corrected chi connectivity index (χ2v) is 5.57. The molecule has 0 bridgehead atoms. The SMILES string of the molecule is CC(C)(C)C(=O)c1ccc(Br)c(CC#N)c1. The molecule has 0 unspecified atom stereocenters. The number of benzene rings is 1. The lowest BCUT2D eigenvalue weighted by Crippen LogP contribution is -2.20. The maximum Gasteiger partial charge on any atom is 0.168 e. The molecule has 0 saturated heterocycles. The van der Waals surface area contributed by atoms with E-state index < -0.39 is 5.41 Å². The van der Waals surface area contributed by atoms with E-state index in [1.54, 1.807) is 12.1 Å². The predicted molar refractivity (Wildman–Crippen MR) is 67.2 cm³/mol. The zero-order valence-electron chi connectivity index (χ0n) is 9.67. The molecule has 0 aliphatic heterocycles. The zero-order valence-corrected chi connectivity index (χ0v) is 11.3. The first-order valence-electron chi connectivity index (χ1n) is 5.06. The molecule has 0 amide bonds. The number of nitrogens with zero attached hydrogens (tertiary/aromatic N) is 1. The van der Waals surface area contributed by atoms with E-state index in [0.717, 1.165) is 10.0 Å². The molecule has 0 spiro atoms. The van der Waals surface area contributed by atoms with Gasteiger partial charge in [-0.05, 0) is 17.7 Å². The molecule has 1 aromatic rings. The van der Waals surface area contributed by atoms with E-state index in [2.05, 4.69) is 22.0 Å². The Morgan fingerprint density at radius 2 is 2.06 bits per heavy atom. The Bertz CT molecular complexity index is 452. The van der Waals surface area contributed by atoms with Crippen LogP contribution in [0.2, 0.25) is 0 Å². The fourth-order valence-electron chi connectivity index (χ4n) is 1.37. The number of hydrogen-bond acceptors (Lipinski definition) is 2. The Morgan fingerprint density at radius 1 is 1.44 bits per heavy atom. The van der Waals surface area contributed by atoms with Crippen LogP contribution in [0.4, 0.5) is 0 Å². The van der Waals surface area contributed by atoms with Crippen LogP contribution < -0.4 is 0 Å². The highest BCUT2D eigenvalue weighted by atomic mass is 79.9. The van der Waals surface area contributed by atoms with Gasteiger partial charge in [0.05, 0.1) is 12.5 Å². The number of hydrogen-bond donors (Lipinski definition) is 0. The van der Waals surface area contributed by atoms with Crippen molar-refractivity contribution in [1.82, 2.24) is 0 Å². The number of halogens is 1. The van der Waals surface area contributed by atoms with Crippen LogP contribution in [0.5, 0.6) is 0 Å². The van der Waals surface area contributed by atoms with E-state index in [1.807, 2.05) is 26.8 Å². The molecular weight excluding hydrogens is 266 g/mol.